The van der Waals surface area contributed by atoms with Crippen molar-refractivity contribution in [1.29, 1.82) is 0 Å². The van der Waals surface area contributed by atoms with E-state index < -0.39 is 228 Å². The SMILES string of the molecule is [2H]c1c([2H])c([2H])[c]([Ge]([c]2c([2H])c([2H])c([2H])c([2H])c2[2H])([c]2c([2H])c([2H])c([2H])c([2H])c2[2H])[c]2c([2H])c([2H])c3c4c2Oc2c([2H])c([2H])c([2H])c([2H])c2B4c2c([2H])c([2H])c([2H])c([2H])c2O3)c([2H])c1[2H]. The molecule has 0 unspecified atom stereocenters. The first-order valence-electron chi connectivity index (χ1n) is 24.2. The van der Waals surface area contributed by atoms with Crippen molar-refractivity contribution in [1.82, 2.24) is 0 Å². The van der Waals surface area contributed by atoms with Crippen LogP contribution in [0.1, 0.15) is 34.3 Å². The molecule has 0 atom stereocenters. The summed E-state index contributed by atoms with van der Waals surface area (Å²) in [6.45, 7) is -1.88. The van der Waals surface area contributed by atoms with Crippen LogP contribution in [0.5, 0.6) is 23.0 Å². The van der Waals surface area contributed by atoms with Crippen LogP contribution in [0.25, 0.3) is 0 Å². The van der Waals surface area contributed by atoms with Gasteiger partial charge in [-0.25, -0.2) is 0 Å². The molecule has 0 saturated carbocycles. The minimum absolute atomic E-state index is 0.492. The van der Waals surface area contributed by atoms with Gasteiger partial charge in [-0.3, -0.25) is 0 Å². The Bertz CT molecular complexity index is 2970. The molecule has 0 bridgehead atoms. The van der Waals surface area contributed by atoms with Crippen LogP contribution in [-0.2, 0) is 0 Å². The number of para-hydroxylation sites is 2. The van der Waals surface area contributed by atoms with Crippen LogP contribution in [0, 0.1) is 0 Å². The molecule has 6 aromatic carbocycles. The number of hydrogen-bond acceptors (Lipinski definition) is 2. The van der Waals surface area contributed by atoms with Crippen LogP contribution in [0.2, 0.25) is 0 Å². The van der Waals surface area contributed by atoms with Gasteiger partial charge in [0.15, 0.2) is 0 Å². The van der Waals surface area contributed by atoms with Gasteiger partial charge >= 0.3 is 272 Å². The number of fused-ring (bicyclic) bond motifs is 4. The standard InChI is InChI=1S/C36H25BGeO2/c1-4-14-26(15-5-1)38(27-16-6-2-7-17-27,28-18-8-3-9-19-28)31-24-25-34-35-36(31)40-33-23-13-11-21-30(33)37(35)29-20-10-12-22-32(29)39-34/h1-25H/i1D,2D,3D,4D,5D,6D,7D,8D,9D,10D,11D,12D,13D,14D,15D,16D,17D,18D,19D,20D,21D,22D,23D,24D,25D. The second kappa shape index (κ2) is 9.32. The van der Waals surface area contributed by atoms with Crippen LogP contribution in [0.3, 0.4) is 0 Å². The Labute approximate surface area is 272 Å². The third-order valence-electron chi connectivity index (χ3n) is 6.65. The van der Waals surface area contributed by atoms with Gasteiger partial charge in [-0.1, -0.05) is 0 Å². The van der Waals surface area contributed by atoms with Gasteiger partial charge in [0.2, 0.25) is 0 Å². The van der Waals surface area contributed by atoms with Gasteiger partial charge in [0.1, 0.15) is 0 Å². The first-order valence-corrected chi connectivity index (χ1v) is 15.9. The van der Waals surface area contributed by atoms with Crippen molar-refractivity contribution in [2.24, 2.45) is 0 Å². The molecular formula is C36H25BGeO2. The number of ether oxygens (including phenoxy) is 2. The molecule has 0 aliphatic carbocycles. The Kier molecular flexibility index (Phi) is 2.16. The van der Waals surface area contributed by atoms with E-state index in [4.69, 9.17) is 32.8 Å². The van der Waals surface area contributed by atoms with Crippen molar-refractivity contribution >= 4 is 54.0 Å². The van der Waals surface area contributed by atoms with Gasteiger partial charge in [0.05, 0.1) is 0 Å². The molecule has 0 saturated heterocycles. The molecule has 0 aromatic heterocycles. The Morgan fingerprint density at radius 3 is 1.43 bits per heavy atom. The average Bonchev–Trinajstić information content (AvgIpc) is 3.28. The molecule has 2 aliphatic rings. The molecule has 4 heteroatoms. The van der Waals surface area contributed by atoms with Crippen molar-refractivity contribution in [2.75, 3.05) is 0 Å². The molecule has 2 aliphatic heterocycles. The summed E-state index contributed by atoms with van der Waals surface area (Å²) in [5, 5.41) is 0. The Hall–Kier alpha value is -4.47. The zero-order valence-electron chi connectivity index (χ0n) is 44.9. The van der Waals surface area contributed by atoms with Gasteiger partial charge in [0, 0.05) is 0 Å². The van der Waals surface area contributed by atoms with E-state index in [2.05, 4.69) is 0 Å². The van der Waals surface area contributed by atoms with E-state index in [1.54, 1.807) is 0 Å². The summed E-state index contributed by atoms with van der Waals surface area (Å²) in [6, 6.07) is -26.0. The number of benzene rings is 6. The molecular weight excluding hydrogens is 548 g/mol. The topological polar surface area (TPSA) is 18.5 Å². The van der Waals surface area contributed by atoms with Gasteiger partial charge in [-0.15, -0.1) is 0 Å². The summed E-state index contributed by atoms with van der Waals surface area (Å²) in [4.78, 5) is 0. The fourth-order valence-corrected chi connectivity index (χ4v) is 13.0. The summed E-state index contributed by atoms with van der Waals surface area (Å²) in [5.74, 6) is -3.02. The Morgan fingerprint density at radius 1 is 0.450 bits per heavy atom. The Balaban J connectivity index is 1.80. The summed E-state index contributed by atoms with van der Waals surface area (Å²) in [5.41, 5.74) is -1.53. The predicted molar refractivity (Wildman–Crippen MR) is 168 cm³/mol. The van der Waals surface area contributed by atoms with E-state index in [1.807, 2.05) is 0 Å². The third kappa shape index (κ3) is 3.37. The van der Waals surface area contributed by atoms with Crippen LogP contribution in [0.15, 0.2) is 151 Å². The van der Waals surface area contributed by atoms with E-state index in [1.165, 1.54) is 0 Å². The second-order valence-electron chi connectivity index (χ2n) is 8.57. The predicted octanol–water partition coefficient (Wildman–Crippen LogP) is 3.79. The van der Waals surface area contributed by atoms with Gasteiger partial charge in [-0.2, -0.15) is 0 Å². The molecule has 0 radical (unpaired) electrons. The van der Waals surface area contributed by atoms with Gasteiger partial charge < -0.3 is 0 Å². The number of hydrogen-bond donors (Lipinski definition) is 0. The minimum atomic E-state index is -7.20. The van der Waals surface area contributed by atoms with E-state index in [9.17, 15) is 11.0 Å². The second-order valence-corrected chi connectivity index (χ2v) is 15.9. The zero-order chi connectivity index (χ0) is 48.3. The van der Waals surface area contributed by atoms with E-state index >= 15 is 0 Å². The van der Waals surface area contributed by atoms with Crippen LogP contribution < -0.4 is 43.4 Å². The first-order chi connectivity index (χ1) is 30.2. The Morgan fingerprint density at radius 2 is 0.900 bits per heavy atom. The maximum absolute atomic E-state index is 9.90. The van der Waals surface area contributed by atoms with Crippen molar-refractivity contribution in [3.63, 3.8) is 0 Å². The summed E-state index contributed by atoms with van der Waals surface area (Å²) >= 11 is -7.20. The summed E-state index contributed by atoms with van der Waals surface area (Å²) in [6.07, 6.45) is 0. The van der Waals surface area contributed by atoms with Crippen molar-refractivity contribution < 1.29 is 43.7 Å². The molecule has 0 amide bonds. The van der Waals surface area contributed by atoms with Crippen molar-refractivity contribution in [3.8, 4) is 23.0 Å². The molecule has 2 nitrogen and oxygen atoms in total. The van der Waals surface area contributed by atoms with Crippen LogP contribution in [0.4, 0.5) is 0 Å². The molecule has 8 rings (SSSR count). The van der Waals surface area contributed by atoms with Gasteiger partial charge in [-0.05, 0) is 0 Å². The monoisotopic (exact) mass is 599 g/mol. The quantitative estimate of drug-likeness (QED) is 0.288. The molecule has 40 heavy (non-hydrogen) atoms. The molecule has 6 aromatic rings. The first kappa shape index (κ1) is 9.29. The van der Waals surface area contributed by atoms with E-state index in [0.717, 1.165) is 0 Å². The summed E-state index contributed by atoms with van der Waals surface area (Å²) < 4.78 is 233. The average molecular weight is 598 g/mol. The van der Waals surface area contributed by atoms with E-state index in [0.29, 0.717) is 0 Å². The molecule has 0 spiro atoms. The fraction of sp³-hybridized carbons (Fsp3) is 0. The summed E-state index contributed by atoms with van der Waals surface area (Å²) in [7, 11) is 0. The zero-order valence-corrected chi connectivity index (χ0v) is 22.0. The third-order valence-corrected chi connectivity index (χ3v) is 15.3. The van der Waals surface area contributed by atoms with Crippen molar-refractivity contribution in [3.05, 3.63) is 151 Å². The van der Waals surface area contributed by atoms with Crippen molar-refractivity contribution in [2.45, 2.75) is 0 Å². The molecule has 0 N–H and O–H groups in total. The van der Waals surface area contributed by atoms with Crippen LogP contribution >= 0.6 is 0 Å². The van der Waals surface area contributed by atoms with Crippen LogP contribution in [-0.4, -0.2) is 20.0 Å². The molecule has 2 heterocycles. The molecule has 188 valence electrons. The van der Waals surface area contributed by atoms with E-state index in [-0.39, 0.29) is 0 Å². The fourth-order valence-electron chi connectivity index (χ4n) is 5.08. The van der Waals surface area contributed by atoms with Gasteiger partial charge in [0.25, 0.3) is 0 Å². The normalized spacial score (nSPS) is 21.6. The molecule has 0 fully saturated rings. The number of rotatable bonds is 4. The maximum atomic E-state index is 9.90.